The number of carbonyl (C=O) groups excluding carboxylic acids is 3. The minimum Gasteiger partial charge on any atom is -0.456 e. The van der Waals surface area contributed by atoms with Gasteiger partial charge in [-0.1, -0.05) is 13.3 Å². The number of esters is 1. The molecule has 0 aromatic heterocycles. The van der Waals surface area contributed by atoms with E-state index in [9.17, 15) is 14.4 Å². The molecule has 0 saturated heterocycles. The van der Waals surface area contributed by atoms with Crippen LogP contribution in [0.2, 0.25) is 0 Å². The number of unbranched alkanes of at least 4 members (excludes halogenated alkanes) is 1. The zero-order valence-corrected chi connectivity index (χ0v) is 14.4. The van der Waals surface area contributed by atoms with E-state index in [-0.39, 0.29) is 5.54 Å². The lowest BCUT2D eigenvalue weighted by Crippen LogP contribution is -2.62. The Hall–Kier alpha value is -1.59. The Morgan fingerprint density at radius 3 is 2.17 bits per heavy atom. The summed E-state index contributed by atoms with van der Waals surface area (Å²) >= 11 is 0. The van der Waals surface area contributed by atoms with Gasteiger partial charge < -0.3 is 10.1 Å². The zero-order chi connectivity index (χ0) is 17.2. The van der Waals surface area contributed by atoms with Crippen molar-refractivity contribution in [3.8, 4) is 0 Å². The first-order valence-corrected chi connectivity index (χ1v) is 9.25. The van der Waals surface area contributed by atoms with E-state index >= 15 is 0 Å². The normalized spacial score (nSPS) is 33.1. The van der Waals surface area contributed by atoms with Gasteiger partial charge in [0.15, 0.2) is 6.61 Å². The molecule has 134 valence electrons. The lowest BCUT2D eigenvalue weighted by molar-refractivity contribution is -0.148. The first-order chi connectivity index (χ1) is 11.5. The summed E-state index contributed by atoms with van der Waals surface area (Å²) in [7, 11) is 0. The fourth-order valence-corrected chi connectivity index (χ4v) is 5.24. The highest BCUT2D eigenvalue weighted by atomic mass is 16.5. The zero-order valence-electron chi connectivity index (χ0n) is 14.4. The summed E-state index contributed by atoms with van der Waals surface area (Å²) in [5, 5.41) is 5.37. The number of nitrogens with one attached hydrogen (secondary N) is 2. The Morgan fingerprint density at radius 1 is 1.04 bits per heavy atom. The van der Waals surface area contributed by atoms with Crippen molar-refractivity contribution in [3.63, 3.8) is 0 Å². The molecule has 6 heteroatoms. The van der Waals surface area contributed by atoms with Crippen molar-refractivity contribution in [1.29, 1.82) is 0 Å². The van der Waals surface area contributed by atoms with Gasteiger partial charge in [-0.05, 0) is 62.7 Å². The number of rotatable bonds is 6. The van der Waals surface area contributed by atoms with Gasteiger partial charge in [-0.15, -0.1) is 0 Å². The summed E-state index contributed by atoms with van der Waals surface area (Å²) in [5.74, 6) is 1.22. The number of imide groups is 1. The lowest BCUT2D eigenvalue weighted by Gasteiger charge is -2.56. The van der Waals surface area contributed by atoms with Gasteiger partial charge in [0, 0.05) is 12.0 Å². The highest BCUT2D eigenvalue weighted by molar-refractivity contribution is 5.95. The average Bonchev–Trinajstić information content (AvgIpc) is 2.48. The van der Waals surface area contributed by atoms with E-state index < -0.39 is 24.5 Å². The molecule has 4 aliphatic carbocycles. The van der Waals surface area contributed by atoms with Gasteiger partial charge in [-0.25, -0.2) is 4.79 Å². The molecule has 4 fully saturated rings. The molecule has 0 aromatic rings. The number of carbonyl (C=O) groups is 3. The second kappa shape index (κ2) is 7.11. The third kappa shape index (κ3) is 4.08. The SMILES string of the molecule is CCCCC(=O)OCC(=O)NC(=O)NC12CC3CC(CC(C3)C1)C2. The van der Waals surface area contributed by atoms with Crippen molar-refractivity contribution in [2.75, 3.05) is 6.61 Å². The fraction of sp³-hybridized carbons (Fsp3) is 0.833. The van der Waals surface area contributed by atoms with Crippen molar-refractivity contribution in [2.45, 2.75) is 70.3 Å². The van der Waals surface area contributed by atoms with E-state index in [1.54, 1.807) is 0 Å². The van der Waals surface area contributed by atoms with Crippen LogP contribution in [0.3, 0.4) is 0 Å². The number of hydrogen-bond donors (Lipinski definition) is 2. The van der Waals surface area contributed by atoms with Crippen LogP contribution in [0.15, 0.2) is 0 Å². The third-order valence-electron chi connectivity index (χ3n) is 5.77. The summed E-state index contributed by atoms with van der Waals surface area (Å²) < 4.78 is 4.87. The highest BCUT2D eigenvalue weighted by Crippen LogP contribution is 2.55. The molecule has 0 radical (unpaired) electrons. The van der Waals surface area contributed by atoms with Crippen LogP contribution >= 0.6 is 0 Å². The van der Waals surface area contributed by atoms with Crippen molar-refractivity contribution in [1.82, 2.24) is 10.6 Å². The Morgan fingerprint density at radius 2 is 1.62 bits per heavy atom. The largest absolute Gasteiger partial charge is 0.456 e. The standard InChI is InChI=1S/C18H28N2O4/c1-2-3-4-16(22)24-11-15(21)19-17(23)20-18-8-12-5-13(9-18)7-14(6-12)10-18/h12-14H,2-11H2,1H3,(H2,19,20,21,23). The van der Waals surface area contributed by atoms with Gasteiger partial charge in [0.2, 0.25) is 0 Å². The number of urea groups is 1. The van der Waals surface area contributed by atoms with Gasteiger partial charge in [-0.3, -0.25) is 14.9 Å². The van der Waals surface area contributed by atoms with E-state index in [1.165, 1.54) is 19.3 Å². The number of ether oxygens (including phenoxy) is 1. The van der Waals surface area contributed by atoms with E-state index in [0.29, 0.717) is 6.42 Å². The minimum absolute atomic E-state index is 0.128. The topological polar surface area (TPSA) is 84.5 Å². The summed E-state index contributed by atoms with van der Waals surface area (Å²) in [5.41, 5.74) is -0.128. The molecule has 4 saturated carbocycles. The first-order valence-electron chi connectivity index (χ1n) is 9.25. The van der Waals surface area contributed by atoms with Gasteiger partial charge in [-0.2, -0.15) is 0 Å². The quantitative estimate of drug-likeness (QED) is 0.730. The van der Waals surface area contributed by atoms with Crippen LogP contribution in [0.25, 0.3) is 0 Å². The Bertz CT molecular complexity index is 482. The van der Waals surface area contributed by atoms with E-state index in [4.69, 9.17) is 4.74 Å². The Labute approximate surface area is 143 Å². The molecule has 0 unspecified atom stereocenters. The maximum absolute atomic E-state index is 12.2. The Kier molecular flexibility index (Phi) is 5.11. The van der Waals surface area contributed by atoms with Crippen molar-refractivity contribution >= 4 is 17.9 Å². The predicted octanol–water partition coefficient (Wildman–Crippen LogP) is 2.51. The van der Waals surface area contributed by atoms with Gasteiger partial charge in [0.05, 0.1) is 0 Å². The van der Waals surface area contributed by atoms with Crippen LogP contribution in [0.4, 0.5) is 4.79 Å². The summed E-state index contributed by atoms with van der Waals surface area (Å²) in [6.45, 7) is 1.59. The molecule has 0 atom stereocenters. The smallest absolute Gasteiger partial charge is 0.321 e. The molecule has 24 heavy (non-hydrogen) atoms. The van der Waals surface area contributed by atoms with Crippen molar-refractivity contribution in [3.05, 3.63) is 0 Å². The molecule has 6 nitrogen and oxygen atoms in total. The molecule has 0 heterocycles. The van der Waals surface area contributed by atoms with Gasteiger partial charge in [0.25, 0.3) is 5.91 Å². The highest BCUT2D eigenvalue weighted by Gasteiger charge is 2.51. The average molecular weight is 336 g/mol. The van der Waals surface area contributed by atoms with Crippen LogP contribution in [0, 0.1) is 17.8 Å². The third-order valence-corrected chi connectivity index (χ3v) is 5.77. The van der Waals surface area contributed by atoms with Crippen LogP contribution in [-0.4, -0.2) is 30.1 Å². The summed E-state index contributed by atoms with van der Waals surface area (Å²) in [6, 6.07) is -0.452. The molecule has 0 aliphatic heterocycles. The first kappa shape index (κ1) is 17.2. The van der Waals surface area contributed by atoms with E-state index in [2.05, 4.69) is 10.6 Å². The van der Waals surface area contributed by atoms with Crippen LogP contribution < -0.4 is 10.6 Å². The monoisotopic (exact) mass is 336 g/mol. The second-order valence-electron chi connectivity index (χ2n) is 7.96. The second-order valence-corrected chi connectivity index (χ2v) is 7.96. The van der Waals surface area contributed by atoms with E-state index in [1.807, 2.05) is 6.92 Å². The Balaban J connectivity index is 1.42. The molecular weight excluding hydrogens is 308 g/mol. The summed E-state index contributed by atoms with van der Waals surface area (Å²) in [4.78, 5) is 35.3. The van der Waals surface area contributed by atoms with Gasteiger partial charge >= 0.3 is 12.0 Å². The molecule has 4 aliphatic rings. The number of hydrogen-bond acceptors (Lipinski definition) is 4. The molecule has 4 bridgehead atoms. The number of amides is 3. The molecular formula is C18H28N2O4. The summed E-state index contributed by atoms with van der Waals surface area (Å²) in [6.07, 6.45) is 8.95. The maximum atomic E-state index is 12.2. The molecule has 4 rings (SSSR count). The van der Waals surface area contributed by atoms with Crippen LogP contribution in [-0.2, 0) is 14.3 Å². The van der Waals surface area contributed by atoms with Gasteiger partial charge in [0.1, 0.15) is 0 Å². The maximum Gasteiger partial charge on any atom is 0.321 e. The lowest BCUT2D eigenvalue weighted by atomic mass is 9.53. The molecule has 2 N–H and O–H groups in total. The van der Waals surface area contributed by atoms with Crippen molar-refractivity contribution < 1.29 is 19.1 Å². The molecule has 0 spiro atoms. The van der Waals surface area contributed by atoms with Crippen LogP contribution in [0.5, 0.6) is 0 Å². The van der Waals surface area contributed by atoms with Crippen LogP contribution in [0.1, 0.15) is 64.7 Å². The molecule has 3 amide bonds. The van der Waals surface area contributed by atoms with E-state index in [0.717, 1.165) is 49.9 Å². The minimum atomic E-state index is -0.568. The predicted molar refractivity (Wildman–Crippen MR) is 88.1 cm³/mol. The van der Waals surface area contributed by atoms with Crippen molar-refractivity contribution in [2.24, 2.45) is 17.8 Å². The fourth-order valence-electron chi connectivity index (χ4n) is 5.24. The molecule has 0 aromatic carbocycles.